The predicted octanol–water partition coefficient (Wildman–Crippen LogP) is 4.00. The summed E-state index contributed by atoms with van der Waals surface area (Å²) in [7, 11) is 0. The van der Waals surface area contributed by atoms with Crippen molar-refractivity contribution >= 4 is 23.3 Å². The van der Waals surface area contributed by atoms with E-state index in [1.54, 1.807) is 16.2 Å². The lowest BCUT2D eigenvalue weighted by Gasteiger charge is -2.37. The molecule has 7 heteroatoms. The molecule has 1 N–H and O–H groups in total. The molecular weight excluding hydrogens is 398 g/mol. The van der Waals surface area contributed by atoms with E-state index in [2.05, 4.69) is 16.8 Å². The van der Waals surface area contributed by atoms with Gasteiger partial charge in [-0.3, -0.25) is 4.79 Å². The van der Waals surface area contributed by atoms with E-state index in [9.17, 15) is 9.59 Å². The number of para-hydroxylation sites is 1. The Bertz CT molecular complexity index is 880. The summed E-state index contributed by atoms with van der Waals surface area (Å²) in [5.74, 6) is 0.782. The first kappa shape index (κ1) is 22.2. The topological polar surface area (TPSA) is 61.9 Å². The molecule has 1 aliphatic rings. The highest BCUT2D eigenvalue weighted by Crippen LogP contribution is 2.34. The number of carbonyl (C=O) groups is 2. The van der Waals surface area contributed by atoms with Crippen LogP contribution in [0.5, 0.6) is 5.75 Å². The van der Waals surface area contributed by atoms with Crippen molar-refractivity contribution in [2.45, 2.75) is 46.2 Å². The van der Waals surface area contributed by atoms with E-state index >= 15 is 0 Å². The minimum atomic E-state index is -0.207. The number of fused-ring (bicyclic) bond motifs is 1. The first-order chi connectivity index (χ1) is 14.4. The van der Waals surface area contributed by atoms with Gasteiger partial charge < -0.3 is 19.9 Å². The number of rotatable bonds is 7. The monoisotopic (exact) mass is 429 g/mol. The molecule has 3 amide bonds. The van der Waals surface area contributed by atoms with Crippen molar-refractivity contribution in [1.82, 2.24) is 15.1 Å². The molecular formula is C23H31N3O3S. The number of ether oxygens (including phenoxy) is 1. The number of nitrogens with zero attached hydrogens (tertiary/aromatic N) is 2. The van der Waals surface area contributed by atoms with Crippen LogP contribution in [0, 0.1) is 6.92 Å². The zero-order chi connectivity index (χ0) is 21.7. The molecule has 1 aromatic heterocycles. The number of hydrogen-bond acceptors (Lipinski definition) is 4. The smallest absolute Gasteiger partial charge is 0.318 e. The molecule has 0 saturated carbocycles. The van der Waals surface area contributed by atoms with Crippen LogP contribution in [0.25, 0.3) is 0 Å². The fourth-order valence-electron chi connectivity index (χ4n) is 3.68. The van der Waals surface area contributed by atoms with Crippen LogP contribution in [0.3, 0.4) is 0 Å². The molecule has 1 aromatic carbocycles. The Balaban J connectivity index is 1.75. The number of aryl methyl sites for hydroxylation is 1. The average Bonchev–Trinajstić information content (AvgIpc) is 3.19. The van der Waals surface area contributed by atoms with Gasteiger partial charge in [-0.25, -0.2) is 4.79 Å². The van der Waals surface area contributed by atoms with Crippen molar-refractivity contribution < 1.29 is 14.3 Å². The molecule has 1 atom stereocenters. The van der Waals surface area contributed by atoms with Crippen molar-refractivity contribution in [3.63, 3.8) is 0 Å². The van der Waals surface area contributed by atoms with Gasteiger partial charge in [0.1, 0.15) is 18.9 Å². The summed E-state index contributed by atoms with van der Waals surface area (Å²) in [5.41, 5.74) is 2.22. The summed E-state index contributed by atoms with van der Waals surface area (Å²) in [5, 5.41) is 4.95. The number of amides is 3. The number of urea groups is 1. The van der Waals surface area contributed by atoms with Crippen LogP contribution in [-0.4, -0.2) is 54.0 Å². The minimum absolute atomic E-state index is 0.0280. The van der Waals surface area contributed by atoms with Gasteiger partial charge in [0.25, 0.3) is 0 Å². The molecule has 0 radical (unpaired) electrons. The van der Waals surface area contributed by atoms with E-state index in [0.29, 0.717) is 19.7 Å². The average molecular weight is 430 g/mol. The predicted molar refractivity (Wildman–Crippen MR) is 120 cm³/mol. The maximum atomic E-state index is 13.2. The van der Waals surface area contributed by atoms with Gasteiger partial charge >= 0.3 is 6.03 Å². The van der Waals surface area contributed by atoms with Gasteiger partial charge in [0.15, 0.2) is 0 Å². The Morgan fingerprint density at radius 3 is 2.77 bits per heavy atom. The maximum Gasteiger partial charge on any atom is 0.318 e. The van der Waals surface area contributed by atoms with E-state index in [1.165, 1.54) is 4.88 Å². The van der Waals surface area contributed by atoms with E-state index in [-0.39, 0.29) is 30.6 Å². The summed E-state index contributed by atoms with van der Waals surface area (Å²) in [6.45, 7) is 9.30. The lowest BCUT2D eigenvalue weighted by Crippen LogP contribution is -2.50. The van der Waals surface area contributed by atoms with Gasteiger partial charge in [0.2, 0.25) is 5.91 Å². The van der Waals surface area contributed by atoms with Crippen LogP contribution in [0.1, 0.15) is 42.8 Å². The van der Waals surface area contributed by atoms with E-state index in [4.69, 9.17) is 4.74 Å². The fraction of sp³-hybridized carbons (Fsp3) is 0.478. The van der Waals surface area contributed by atoms with E-state index in [0.717, 1.165) is 23.3 Å². The molecule has 1 aliphatic heterocycles. The Hall–Kier alpha value is -2.54. The summed E-state index contributed by atoms with van der Waals surface area (Å²) >= 11 is 1.73. The number of likely N-dealkylation sites (N-methyl/N-ethyl adjacent to an activating group) is 1. The van der Waals surface area contributed by atoms with Crippen LogP contribution in [0.4, 0.5) is 4.79 Å². The van der Waals surface area contributed by atoms with Crippen molar-refractivity contribution in [2.75, 3.05) is 26.2 Å². The third-order valence-electron chi connectivity index (χ3n) is 5.31. The maximum absolute atomic E-state index is 13.2. The molecule has 0 saturated heterocycles. The third-order valence-corrected chi connectivity index (χ3v) is 6.31. The highest BCUT2D eigenvalue weighted by atomic mass is 32.1. The molecule has 0 aliphatic carbocycles. The zero-order valence-electron chi connectivity index (χ0n) is 18.2. The van der Waals surface area contributed by atoms with Gasteiger partial charge in [-0.1, -0.05) is 18.2 Å². The molecule has 0 spiro atoms. The SMILES string of the molecule is CCN(CC(=O)N1CCc2sccc2[C@H]1COc1ccccc1C)C(=O)NC(C)C. The Morgan fingerprint density at radius 2 is 2.07 bits per heavy atom. The largest absolute Gasteiger partial charge is 0.491 e. The van der Waals surface area contributed by atoms with Crippen LogP contribution in [-0.2, 0) is 11.2 Å². The second kappa shape index (κ2) is 9.98. The molecule has 0 bridgehead atoms. The highest BCUT2D eigenvalue weighted by Gasteiger charge is 2.33. The Kier molecular flexibility index (Phi) is 7.37. The van der Waals surface area contributed by atoms with Crippen LogP contribution < -0.4 is 10.1 Å². The third kappa shape index (κ3) is 5.14. The Labute approximate surface area is 182 Å². The van der Waals surface area contributed by atoms with Gasteiger partial charge in [0.05, 0.1) is 6.04 Å². The normalized spacial score (nSPS) is 15.6. The van der Waals surface area contributed by atoms with Crippen molar-refractivity contribution in [2.24, 2.45) is 0 Å². The summed E-state index contributed by atoms with van der Waals surface area (Å²) in [6, 6.07) is 9.66. The number of hydrogen-bond donors (Lipinski definition) is 1. The van der Waals surface area contributed by atoms with Crippen LogP contribution >= 0.6 is 11.3 Å². The molecule has 2 heterocycles. The fourth-order valence-corrected chi connectivity index (χ4v) is 4.61. The number of thiophene rings is 1. The van der Waals surface area contributed by atoms with Crippen molar-refractivity contribution in [3.8, 4) is 5.75 Å². The first-order valence-electron chi connectivity index (χ1n) is 10.5. The van der Waals surface area contributed by atoms with Gasteiger partial charge in [0, 0.05) is 24.0 Å². The minimum Gasteiger partial charge on any atom is -0.491 e. The number of benzene rings is 1. The standard InChI is InChI=1S/C23H31N3O3S/c1-5-25(23(28)24-16(2)3)14-22(27)26-12-10-21-18(11-13-30-21)19(26)15-29-20-9-7-6-8-17(20)4/h6-9,11,13,16,19H,5,10,12,14-15H2,1-4H3,(H,24,28)/t19-/m1/s1. The van der Waals surface area contributed by atoms with E-state index in [1.807, 2.05) is 56.9 Å². The molecule has 6 nitrogen and oxygen atoms in total. The highest BCUT2D eigenvalue weighted by molar-refractivity contribution is 7.10. The van der Waals surface area contributed by atoms with Crippen molar-refractivity contribution in [1.29, 1.82) is 0 Å². The van der Waals surface area contributed by atoms with Crippen LogP contribution in [0.2, 0.25) is 0 Å². The quantitative estimate of drug-likeness (QED) is 0.724. The summed E-state index contributed by atoms with van der Waals surface area (Å²) in [6.07, 6.45) is 0.837. The van der Waals surface area contributed by atoms with Crippen LogP contribution in [0.15, 0.2) is 35.7 Å². The molecule has 0 fully saturated rings. The second-order valence-electron chi connectivity index (χ2n) is 7.85. The number of carbonyl (C=O) groups excluding carboxylic acids is 2. The molecule has 3 rings (SSSR count). The lowest BCUT2D eigenvalue weighted by atomic mass is 10.0. The second-order valence-corrected chi connectivity index (χ2v) is 8.85. The first-order valence-corrected chi connectivity index (χ1v) is 11.4. The van der Waals surface area contributed by atoms with Gasteiger partial charge in [-0.2, -0.15) is 0 Å². The van der Waals surface area contributed by atoms with Gasteiger partial charge in [-0.15, -0.1) is 11.3 Å². The molecule has 162 valence electrons. The molecule has 30 heavy (non-hydrogen) atoms. The molecule has 0 unspecified atom stereocenters. The van der Waals surface area contributed by atoms with E-state index < -0.39 is 0 Å². The van der Waals surface area contributed by atoms with Gasteiger partial charge in [-0.05, 0) is 62.8 Å². The Morgan fingerprint density at radius 1 is 1.30 bits per heavy atom. The van der Waals surface area contributed by atoms with Crippen molar-refractivity contribution in [3.05, 3.63) is 51.7 Å². The summed E-state index contributed by atoms with van der Waals surface area (Å²) in [4.78, 5) is 30.4. The zero-order valence-corrected chi connectivity index (χ0v) is 19.0. The molecule has 2 aromatic rings. The lowest BCUT2D eigenvalue weighted by molar-refractivity contribution is -0.135. The number of nitrogens with one attached hydrogen (secondary N) is 1. The summed E-state index contributed by atoms with van der Waals surface area (Å²) < 4.78 is 6.13.